The Bertz CT molecular complexity index is 652. The molecule has 1 aromatic heterocycles. The Hall–Kier alpha value is -2.02. The summed E-state index contributed by atoms with van der Waals surface area (Å²) < 4.78 is 1.70. The summed E-state index contributed by atoms with van der Waals surface area (Å²) >= 11 is 1.47. The van der Waals surface area contributed by atoms with Gasteiger partial charge < -0.3 is 11.1 Å². The Morgan fingerprint density at radius 3 is 3.00 bits per heavy atom. The average molecular weight is 275 g/mol. The van der Waals surface area contributed by atoms with E-state index in [-0.39, 0.29) is 5.91 Å². The van der Waals surface area contributed by atoms with Crippen LogP contribution in [0, 0.1) is 0 Å². The minimum Gasteiger partial charge on any atom is -0.398 e. The Morgan fingerprint density at radius 1 is 1.42 bits per heavy atom. The number of aryl methyl sites for hydroxylation is 2. The number of nitrogens with one attached hydrogen (secondary N) is 1. The minimum atomic E-state index is 0.0422. The molecule has 1 aliphatic heterocycles. The number of rotatable bonds is 2. The van der Waals surface area contributed by atoms with E-state index in [0.29, 0.717) is 12.1 Å². The van der Waals surface area contributed by atoms with E-state index in [9.17, 15) is 4.79 Å². The average Bonchev–Trinajstić information content (AvgIpc) is 2.76. The zero-order chi connectivity index (χ0) is 13.4. The number of benzene rings is 1. The van der Waals surface area contributed by atoms with Gasteiger partial charge in [0, 0.05) is 29.7 Å². The van der Waals surface area contributed by atoms with Gasteiger partial charge >= 0.3 is 0 Å². The van der Waals surface area contributed by atoms with Gasteiger partial charge in [-0.1, -0.05) is 0 Å². The van der Waals surface area contributed by atoms with Crippen LogP contribution in [-0.2, 0) is 18.3 Å². The molecule has 2 aromatic rings. The summed E-state index contributed by atoms with van der Waals surface area (Å²) in [5, 5.41) is 7.65. The second-order valence-corrected chi connectivity index (χ2v) is 5.37. The normalized spacial score (nSPS) is 14.1. The smallest absolute Gasteiger partial charge is 0.224 e. The second kappa shape index (κ2) is 4.58. The van der Waals surface area contributed by atoms with Crippen LogP contribution in [0.1, 0.15) is 12.0 Å². The lowest BCUT2D eigenvalue weighted by Crippen LogP contribution is -2.19. The lowest BCUT2D eigenvalue weighted by atomic mass is 10.0. The van der Waals surface area contributed by atoms with Gasteiger partial charge in [0.25, 0.3) is 0 Å². The Balaban J connectivity index is 1.95. The summed E-state index contributed by atoms with van der Waals surface area (Å²) in [5.74, 6) is 0.0422. The number of nitrogens with zero attached hydrogens (tertiary/aromatic N) is 3. The molecule has 1 amide bonds. The van der Waals surface area contributed by atoms with Crippen molar-refractivity contribution in [2.45, 2.75) is 22.9 Å². The highest BCUT2D eigenvalue weighted by molar-refractivity contribution is 7.99. The molecule has 6 nitrogen and oxygen atoms in total. The second-order valence-electron chi connectivity index (χ2n) is 4.36. The maximum Gasteiger partial charge on any atom is 0.224 e. The number of hydrogen-bond donors (Lipinski definition) is 2. The van der Waals surface area contributed by atoms with Crippen molar-refractivity contribution in [3.8, 4) is 0 Å². The molecule has 19 heavy (non-hydrogen) atoms. The van der Waals surface area contributed by atoms with E-state index < -0.39 is 0 Å². The molecule has 1 aliphatic rings. The first kappa shape index (κ1) is 12.0. The van der Waals surface area contributed by atoms with Crippen LogP contribution in [-0.4, -0.2) is 20.7 Å². The number of nitrogen functional groups attached to an aromatic ring is 1. The molecule has 7 heteroatoms. The van der Waals surface area contributed by atoms with Crippen LogP contribution in [0.3, 0.4) is 0 Å². The van der Waals surface area contributed by atoms with Crippen LogP contribution in [0.25, 0.3) is 0 Å². The highest BCUT2D eigenvalue weighted by atomic mass is 32.2. The molecule has 0 unspecified atom stereocenters. The zero-order valence-corrected chi connectivity index (χ0v) is 11.2. The summed E-state index contributed by atoms with van der Waals surface area (Å²) in [5.41, 5.74) is 8.59. The standard InChI is InChI=1S/C12H13N5OS/c1-17-12(14-6-15-17)19-10-4-7-2-3-11(18)16-9(7)5-8(10)13/h4-6H,2-3,13H2,1H3,(H,16,18). The molecule has 0 atom stereocenters. The van der Waals surface area contributed by atoms with Gasteiger partial charge in [0.1, 0.15) is 6.33 Å². The highest BCUT2D eigenvalue weighted by Crippen LogP contribution is 2.36. The van der Waals surface area contributed by atoms with Crippen molar-refractivity contribution in [3.05, 3.63) is 24.0 Å². The molecule has 0 bridgehead atoms. The van der Waals surface area contributed by atoms with Crippen LogP contribution in [0.2, 0.25) is 0 Å². The maximum atomic E-state index is 11.3. The Labute approximate surface area is 114 Å². The van der Waals surface area contributed by atoms with Crippen molar-refractivity contribution in [1.29, 1.82) is 0 Å². The van der Waals surface area contributed by atoms with Crippen molar-refractivity contribution in [2.75, 3.05) is 11.1 Å². The lowest BCUT2D eigenvalue weighted by molar-refractivity contribution is -0.116. The summed E-state index contributed by atoms with van der Waals surface area (Å²) in [7, 11) is 1.84. The fourth-order valence-corrected chi connectivity index (χ4v) is 2.84. The summed E-state index contributed by atoms with van der Waals surface area (Å²) in [6.45, 7) is 0. The number of aromatic nitrogens is 3. The van der Waals surface area contributed by atoms with Gasteiger partial charge in [-0.3, -0.25) is 4.79 Å². The van der Waals surface area contributed by atoms with Gasteiger partial charge in [-0.2, -0.15) is 5.10 Å². The fourth-order valence-electron chi connectivity index (χ4n) is 1.99. The van der Waals surface area contributed by atoms with Gasteiger partial charge in [-0.15, -0.1) is 0 Å². The number of fused-ring (bicyclic) bond motifs is 1. The third-order valence-electron chi connectivity index (χ3n) is 3.00. The summed E-state index contributed by atoms with van der Waals surface area (Å²) in [6, 6.07) is 3.83. The molecule has 0 saturated carbocycles. The maximum absolute atomic E-state index is 11.3. The zero-order valence-electron chi connectivity index (χ0n) is 10.4. The largest absolute Gasteiger partial charge is 0.398 e. The van der Waals surface area contributed by atoms with Crippen molar-refractivity contribution < 1.29 is 4.79 Å². The van der Waals surface area contributed by atoms with Gasteiger partial charge in [0.15, 0.2) is 5.16 Å². The van der Waals surface area contributed by atoms with Crippen molar-refractivity contribution in [1.82, 2.24) is 14.8 Å². The lowest BCUT2D eigenvalue weighted by Gasteiger charge is -2.18. The van der Waals surface area contributed by atoms with E-state index in [4.69, 9.17) is 5.73 Å². The highest BCUT2D eigenvalue weighted by Gasteiger charge is 2.17. The molecule has 0 radical (unpaired) electrons. The molecule has 0 fully saturated rings. The monoisotopic (exact) mass is 275 g/mol. The van der Waals surface area contributed by atoms with Gasteiger partial charge in [-0.25, -0.2) is 9.67 Å². The van der Waals surface area contributed by atoms with Crippen LogP contribution in [0.5, 0.6) is 0 Å². The van der Waals surface area contributed by atoms with Crippen molar-refractivity contribution in [2.24, 2.45) is 7.05 Å². The SMILES string of the molecule is Cn1ncnc1Sc1cc2c(cc1N)NC(=O)CC2. The molecule has 1 aromatic carbocycles. The molecule has 3 N–H and O–H groups in total. The van der Waals surface area contributed by atoms with E-state index in [1.165, 1.54) is 18.1 Å². The molecular formula is C12H13N5OS. The summed E-state index contributed by atoms with van der Waals surface area (Å²) in [4.78, 5) is 16.4. The third kappa shape index (κ3) is 2.28. The number of anilines is 2. The van der Waals surface area contributed by atoms with Crippen molar-refractivity contribution in [3.63, 3.8) is 0 Å². The quantitative estimate of drug-likeness (QED) is 0.810. The summed E-state index contributed by atoms with van der Waals surface area (Å²) in [6.07, 6.45) is 2.77. The van der Waals surface area contributed by atoms with Gasteiger partial charge in [-0.05, 0) is 35.9 Å². The number of nitrogens with two attached hydrogens (primary N) is 1. The van der Waals surface area contributed by atoms with E-state index in [2.05, 4.69) is 15.4 Å². The third-order valence-corrected chi connectivity index (χ3v) is 4.13. The first-order valence-corrected chi connectivity index (χ1v) is 6.69. The first-order chi connectivity index (χ1) is 9.13. The predicted octanol–water partition coefficient (Wildman–Crippen LogP) is 1.43. The molecule has 98 valence electrons. The molecular weight excluding hydrogens is 262 g/mol. The Kier molecular flexibility index (Phi) is 2.90. The minimum absolute atomic E-state index is 0.0422. The molecule has 3 rings (SSSR count). The number of amides is 1. The fraction of sp³-hybridized carbons (Fsp3) is 0.250. The Morgan fingerprint density at radius 2 is 2.26 bits per heavy atom. The number of carbonyl (C=O) groups is 1. The van der Waals surface area contributed by atoms with Crippen LogP contribution < -0.4 is 11.1 Å². The predicted molar refractivity (Wildman–Crippen MR) is 72.9 cm³/mol. The molecule has 0 spiro atoms. The molecule has 0 saturated heterocycles. The topological polar surface area (TPSA) is 85.8 Å². The van der Waals surface area contributed by atoms with Gasteiger partial charge in [0.05, 0.1) is 0 Å². The van der Waals surface area contributed by atoms with E-state index in [1.54, 1.807) is 4.68 Å². The number of carbonyl (C=O) groups excluding carboxylic acids is 1. The van der Waals surface area contributed by atoms with Crippen LogP contribution >= 0.6 is 11.8 Å². The van der Waals surface area contributed by atoms with E-state index >= 15 is 0 Å². The first-order valence-electron chi connectivity index (χ1n) is 5.87. The molecule has 0 aliphatic carbocycles. The van der Waals surface area contributed by atoms with Crippen LogP contribution in [0.15, 0.2) is 28.5 Å². The number of hydrogen-bond acceptors (Lipinski definition) is 5. The van der Waals surface area contributed by atoms with Gasteiger partial charge in [0.2, 0.25) is 5.91 Å². The van der Waals surface area contributed by atoms with Crippen molar-refractivity contribution >= 4 is 29.0 Å². The van der Waals surface area contributed by atoms with E-state index in [1.807, 2.05) is 19.2 Å². The van der Waals surface area contributed by atoms with E-state index in [0.717, 1.165) is 27.7 Å². The van der Waals surface area contributed by atoms with Crippen LogP contribution in [0.4, 0.5) is 11.4 Å². The molecule has 2 heterocycles.